The number of ether oxygens (including phenoxy) is 2. The summed E-state index contributed by atoms with van der Waals surface area (Å²) >= 11 is 0. The Morgan fingerprint density at radius 3 is 2.20 bits per heavy atom. The first kappa shape index (κ1) is 31.6. The lowest BCUT2D eigenvalue weighted by Crippen LogP contribution is -2.50. The van der Waals surface area contributed by atoms with Crippen molar-refractivity contribution in [1.82, 2.24) is 0 Å². The van der Waals surface area contributed by atoms with Crippen LogP contribution in [0.5, 0.6) is 5.75 Å². The molecule has 5 heteroatoms. The molecule has 1 N–H and O–H groups in total. The molecule has 40 heavy (non-hydrogen) atoms. The van der Waals surface area contributed by atoms with E-state index < -0.39 is 19.6 Å². The van der Waals surface area contributed by atoms with Gasteiger partial charge in [-0.05, 0) is 65.1 Å². The Hall–Kier alpha value is -2.97. The van der Waals surface area contributed by atoms with E-state index in [9.17, 15) is 4.79 Å². The maximum Gasteiger partial charge on any atom is 0.348 e. The second-order valence-corrected chi connectivity index (χ2v) is 18.5. The standard InChI is InChI=1S/C35H49NO3Si/c1-11-35(23-24-40(9,10)33(3,4)5,36-28-18-20-29(38-8)21-19-28)32(37)39-31-25-26(2)17-22-30(31)34(6,7)27-15-13-12-14-16-27/h11-16,18-21,26,30-31,36H,1,17,22,25H2,2-10H3/t26-,30-,31-,35-/m1/s1. The van der Waals surface area contributed by atoms with Crippen molar-refractivity contribution in [3.63, 3.8) is 0 Å². The van der Waals surface area contributed by atoms with Crippen LogP contribution in [0.4, 0.5) is 5.69 Å². The Labute approximate surface area is 244 Å². The zero-order chi connectivity index (χ0) is 29.8. The maximum absolute atomic E-state index is 14.3. The first-order chi connectivity index (χ1) is 18.6. The predicted octanol–water partition coefficient (Wildman–Crippen LogP) is 8.41. The van der Waals surface area contributed by atoms with Gasteiger partial charge in [-0.25, -0.2) is 4.79 Å². The van der Waals surface area contributed by atoms with E-state index in [0.717, 1.165) is 30.7 Å². The number of benzene rings is 2. The van der Waals surface area contributed by atoms with Gasteiger partial charge in [-0.1, -0.05) is 104 Å². The van der Waals surface area contributed by atoms with Gasteiger partial charge in [0, 0.05) is 11.6 Å². The lowest BCUT2D eigenvalue weighted by Gasteiger charge is -2.44. The molecule has 0 aliphatic heterocycles. The third-order valence-electron chi connectivity index (χ3n) is 9.26. The number of hydrogen-bond acceptors (Lipinski definition) is 4. The number of carbonyl (C=O) groups excluding carboxylic acids is 1. The van der Waals surface area contributed by atoms with Crippen molar-refractivity contribution < 1.29 is 14.3 Å². The van der Waals surface area contributed by atoms with E-state index in [0.29, 0.717) is 5.92 Å². The van der Waals surface area contributed by atoms with Crippen LogP contribution in [0.3, 0.4) is 0 Å². The van der Waals surface area contributed by atoms with Crippen molar-refractivity contribution in [2.24, 2.45) is 11.8 Å². The molecule has 0 unspecified atom stereocenters. The molecule has 4 nitrogen and oxygen atoms in total. The molecule has 4 atom stereocenters. The first-order valence-corrected chi connectivity index (χ1v) is 17.5. The summed E-state index contributed by atoms with van der Waals surface area (Å²) in [5.41, 5.74) is 4.04. The molecular weight excluding hydrogens is 510 g/mol. The summed E-state index contributed by atoms with van der Waals surface area (Å²) in [7, 11) is -0.400. The highest BCUT2D eigenvalue weighted by Gasteiger charge is 2.45. The number of hydrogen-bond donors (Lipinski definition) is 1. The fraction of sp³-hybridized carbons (Fsp3) is 0.514. The second kappa shape index (κ2) is 12.3. The lowest BCUT2D eigenvalue weighted by molar-refractivity contribution is -0.158. The molecule has 1 saturated carbocycles. The molecule has 0 spiro atoms. The first-order valence-electron chi connectivity index (χ1n) is 14.5. The predicted molar refractivity (Wildman–Crippen MR) is 170 cm³/mol. The van der Waals surface area contributed by atoms with Crippen molar-refractivity contribution in [2.45, 2.75) is 96.0 Å². The molecule has 1 aliphatic carbocycles. The smallest absolute Gasteiger partial charge is 0.348 e. The van der Waals surface area contributed by atoms with Crippen molar-refractivity contribution in [2.75, 3.05) is 12.4 Å². The quantitative estimate of drug-likeness (QED) is 0.153. The fourth-order valence-electron chi connectivity index (χ4n) is 5.26. The van der Waals surface area contributed by atoms with Crippen LogP contribution in [-0.2, 0) is 14.9 Å². The van der Waals surface area contributed by atoms with Gasteiger partial charge < -0.3 is 14.8 Å². The minimum atomic E-state index is -2.04. The molecule has 2 aromatic carbocycles. The molecule has 0 heterocycles. The van der Waals surface area contributed by atoms with Crippen LogP contribution in [0.25, 0.3) is 0 Å². The summed E-state index contributed by atoms with van der Waals surface area (Å²) in [4.78, 5) is 14.3. The van der Waals surface area contributed by atoms with Crippen LogP contribution >= 0.6 is 0 Å². The molecule has 3 rings (SSSR count). The summed E-state index contributed by atoms with van der Waals surface area (Å²) in [6, 6.07) is 18.1. The highest BCUT2D eigenvalue weighted by Crippen LogP contribution is 2.44. The van der Waals surface area contributed by atoms with Crippen LogP contribution in [-0.4, -0.2) is 32.8 Å². The summed E-state index contributed by atoms with van der Waals surface area (Å²) in [6.07, 6.45) is 4.35. The van der Waals surface area contributed by atoms with Crippen molar-refractivity contribution in [3.8, 4) is 17.2 Å². The maximum atomic E-state index is 14.3. The normalized spacial score (nSPS) is 21.3. The van der Waals surface area contributed by atoms with E-state index in [2.05, 4.69) is 102 Å². The second-order valence-electron chi connectivity index (χ2n) is 13.5. The van der Waals surface area contributed by atoms with Gasteiger partial charge in [-0.3, -0.25) is 0 Å². The molecule has 0 bridgehead atoms. The van der Waals surface area contributed by atoms with E-state index in [-0.39, 0.29) is 22.5 Å². The van der Waals surface area contributed by atoms with E-state index in [1.165, 1.54) is 5.56 Å². The topological polar surface area (TPSA) is 47.6 Å². The zero-order valence-electron chi connectivity index (χ0n) is 26.1. The monoisotopic (exact) mass is 559 g/mol. The van der Waals surface area contributed by atoms with Crippen molar-refractivity contribution in [1.29, 1.82) is 0 Å². The van der Waals surface area contributed by atoms with E-state index in [4.69, 9.17) is 9.47 Å². The third-order valence-corrected chi connectivity index (χ3v) is 13.8. The molecule has 0 saturated heterocycles. The summed E-state index contributed by atoms with van der Waals surface area (Å²) in [5, 5.41) is 3.45. The van der Waals surface area contributed by atoms with E-state index >= 15 is 0 Å². The zero-order valence-corrected chi connectivity index (χ0v) is 27.1. The van der Waals surface area contributed by atoms with Crippen LogP contribution in [0.1, 0.15) is 66.4 Å². The Bertz CT molecular complexity index is 1220. The molecule has 0 aromatic heterocycles. The number of esters is 1. The summed E-state index contributed by atoms with van der Waals surface area (Å²) < 4.78 is 11.9. The molecule has 216 valence electrons. The Kier molecular flexibility index (Phi) is 9.68. The summed E-state index contributed by atoms with van der Waals surface area (Å²) in [5.74, 6) is 4.39. The Morgan fingerprint density at radius 2 is 1.65 bits per heavy atom. The third kappa shape index (κ3) is 7.02. The van der Waals surface area contributed by atoms with Crippen molar-refractivity contribution in [3.05, 3.63) is 72.8 Å². The number of nitrogens with one attached hydrogen (secondary N) is 1. The Balaban J connectivity index is 2.02. The SMILES string of the molecule is C=C[C@](C#C[Si](C)(C)C(C)(C)C)(Nc1ccc(OC)cc1)C(=O)O[C@@H]1C[C@H](C)CC[C@H]1C(C)(C)c1ccccc1. The van der Waals surface area contributed by atoms with Gasteiger partial charge in [0.25, 0.3) is 0 Å². The summed E-state index contributed by atoms with van der Waals surface area (Å²) in [6.45, 7) is 22.0. The molecule has 1 fully saturated rings. The van der Waals surface area contributed by atoms with Crippen LogP contribution in [0, 0.1) is 23.3 Å². The lowest BCUT2D eigenvalue weighted by atomic mass is 9.64. The number of anilines is 1. The highest BCUT2D eigenvalue weighted by molar-refractivity contribution is 6.87. The van der Waals surface area contributed by atoms with Gasteiger partial charge in [0.1, 0.15) is 19.9 Å². The largest absolute Gasteiger partial charge is 0.497 e. The van der Waals surface area contributed by atoms with Crippen LogP contribution in [0.15, 0.2) is 67.3 Å². The molecule has 1 aliphatic rings. The van der Waals surface area contributed by atoms with E-state index in [1.807, 2.05) is 30.3 Å². The molecule has 2 aromatic rings. The van der Waals surface area contributed by atoms with Gasteiger partial charge >= 0.3 is 5.97 Å². The minimum absolute atomic E-state index is 0.0422. The average Bonchev–Trinajstić information content (AvgIpc) is 2.91. The van der Waals surface area contributed by atoms with E-state index in [1.54, 1.807) is 13.2 Å². The fourth-order valence-corrected chi connectivity index (χ4v) is 6.14. The van der Waals surface area contributed by atoms with Crippen molar-refractivity contribution >= 4 is 19.7 Å². The average molecular weight is 560 g/mol. The molecule has 0 amide bonds. The van der Waals surface area contributed by atoms with Gasteiger partial charge in [-0.15, -0.1) is 5.54 Å². The number of methoxy groups -OCH3 is 1. The Morgan fingerprint density at radius 1 is 1.02 bits per heavy atom. The van der Waals surface area contributed by atoms with Gasteiger partial charge in [0.15, 0.2) is 0 Å². The number of carbonyl (C=O) groups is 1. The van der Waals surface area contributed by atoms with Gasteiger partial charge in [0.05, 0.1) is 7.11 Å². The van der Waals surface area contributed by atoms with Gasteiger partial charge in [0.2, 0.25) is 5.54 Å². The van der Waals surface area contributed by atoms with Gasteiger partial charge in [-0.2, -0.15) is 0 Å². The number of rotatable bonds is 8. The minimum Gasteiger partial charge on any atom is -0.497 e. The molecular formula is C35H49NO3Si. The van der Waals surface area contributed by atoms with Crippen LogP contribution in [0.2, 0.25) is 18.1 Å². The van der Waals surface area contributed by atoms with Crippen LogP contribution < -0.4 is 10.1 Å². The molecule has 0 radical (unpaired) electrons. The highest BCUT2D eigenvalue weighted by atomic mass is 28.3.